The minimum Gasteiger partial charge on any atom is -0.303 e. The molecule has 0 aliphatic rings. The summed E-state index contributed by atoms with van der Waals surface area (Å²) in [5, 5.41) is 15.2. The van der Waals surface area contributed by atoms with Crippen molar-refractivity contribution in [2.75, 3.05) is 5.32 Å². The first-order valence-corrected chi connectivity index (χ1v) is 6.24. The second-order valence-electron chi connectivity index (χ2n) is 4.43. The molecule has 8 nitrogen and oxygen atoms in total. The third-order valence-corrected chi connectivity index (χ3v) is 2.90. The summed E-state index contributed by atoms with van der Waals surface area (Å²) >= 11 is 0. The van der Waals surface area contributed by atoms with E-state index in [2.05, 4.69) is 25.9 Å². The van der Waals surface area contributed by atoms with Crippen LogP contribution in [0.25, 0.3) is 0 Å². The summed E-state index contributed by atoms with van der Waals surface area (Å²) in [5.74, 6) is -0.843. The summed E-state index contributed by atoms with van der Waals surface area (Å²) in [6, 6.07) is 6.15. The van der Waals surface area contributed by atoms with Crippen molar-refractivity contribution >= 4 is 23.9 Å². The maximum atomic E-state index is 12.0. The van der Waals surface area contributed by atoms with Crippen molar-refractivity contribution < 1.29 is 14.4 Å². The van der Waals surface area contributed by atoms with E-state index in [1.54, 1.807) is 19.1 Å². The Morgan fingerprint density at radius 1 is 1.29 bits per heavy atom. The van der Waals surface area contributed by atoms with Crippen molar-refractivity contribution in [3.8, 4) is 0 Å². The van der Waals surface area contributed by atoms with Crippen molar-refractivity contribution in [1.29, 1.82) is 0 Å². The lowest BCUT2D eigenvalue weighted by molar-refractivity contribution is -0.108. The molecule has 1 aromatic carbocycles. The zero-order chi connectivity index (χ0) is 15.2. The number of benzene rings is 1. The first-order valence-electron chi connectivity index (χ1n) is 6.24. The van der Waals surface area contributed by atoms with E-state index < -0.39 is 5.91 Å². The molecule has 0 aliphatic heterocycles. The number of hydrogen-bond donors (Lipinski definition) is 2. The molecule has 1 unspecified atom stereocenters. The Labute approximate surface area is 119 Å². The number of tetrazole rings is 1. The maximum Gasteiger partial charge on any atom is 0.270 e. The zero-order valence-electron chi connectivity index (χ0n) is 11.2. The fraction of sp³-hybridized carbons (Fsp3) is 0.231. The number of amides is 1. The number of rotatable bonds is 6. The summed E-state index contributed by atoms with van der Waals surface area (Å²) in [4.78, 5) is 34.3. The summed E-state index contributed by atoms with van der Waals surface area (Å²) in [6.07, 6.45) is 0.897. The van der Waals surface area contributed by atoms with E-state index in [1.807, 2.05) is 0 Å². The van der Waals surface area contributed by atoms with Gasteiger partial charge in [-0.25, -0.2) is 0 Å². The fourth-order valence-corrected chi connectivity index (χ4v) is 1.71. The van der Waals surface area contributed by atoms with Crippen LogP contribution >= 0.6 is 0 Å². The van der Waals surface area contributed by atoms with E-state index >= 15 is 0 Å². The fourth-order valence-electron chi connectivity index (χ4n) is 1.71. The molecule has 2 aromatic rings. The van der Waals surface area contributed by atoms with Gasteiger partial charge in [0.1, 0.15) is 6.29 Å². The molecule has 8 heteroatoms. The van der Waals surface area contributed by atoms with E-state index in [9.17, 15) is 14.4 Å². The van der Waals surface area contributed by atoms with Crippen molar-refractivity contribution in [3.05, 3.63) is 35.4 Å². The van der Waals surface area contributed by atoms with Crippen LogP contribution < -0.4 is 5.32 Å². The van der Waals surface area contributed by atoms with Crippen molar-refractivity contribution in [3.63, 3.8) is 0 Å². The van der Waals surface area contributed by atoms with Crippen molar-refractivity contribution in [2.24, 2.45) is 5.92 Å². The highest BCUT2D eigenvalue weighted by Crippen LogP contribution is 2.13. The number of aromatic nitrogens is 4. The van der Waals surface area contributed by atoms with Gasteiger partial charge in [0.25, 0.3) is 11.9 Å². The van der Waals surface area contributed by atoms with Crippen molar-refractivity contribution in [1.82, 2.24) is 20.6 Å². The Balaban J connectivity index is 2.06. The summed E-state index contributed by atoms with van der Waals surface area (Å²) in [6.45, 7) is 1.69. The van der Waals surface area contributed by atoms with Crippen LogP contribution in [0.15, 0.2) is 24.3 Å². The molecule has 21 heavy (non-hydrogen) atoms. The smallest absolute Gasteiger partial charge is 0.270 e. The average molecular weight is 287 g/mol. The van der Waals surface area contributed by atoms with Crippen LogP contribution in [0.3, 0.4) is 0 Å². The molecular formula is C13H13N5O3. The summed E-state index contributed by atoms with van der Waals surface area (Å²) in [5.41, 5.74) is 0.819. The number of nitrogens with zero attached hydrogens (tertiary/aromatic N) is 3. The Morgan fingerprint density at radius 2 is 1.95 bits per heavy atom. The van der Waals surface area contributed by atoms with E-state index in [-0.39, 0.29) is 24.1 Å². The molecule has 1 atom stereocenters. The van der Waals surface area contributed by atoms with Crippen LogP contribution in [0.2, 0.25) is 0 Å². The number of aldehydes is 1. The minimum atomic E-state index is -0.406. The van der Waals surface area contributed by atoms with Crippen LogP contribution in [0.5, 0.6) is 0 Å². The van der Waals surface area contributed by atoms with Crippen molar-refractivity contribution in [2.45, 2.75) is 13.3 Å². The quantitative estimate of drug-likeness (QED) is 0.601. The van der Waals surface area contributed by atoms with Gasteiger partial charge < -0.3 is 4.79 Å². The van der Waals surface area contributed by atoms with E-state index in [1.165, 1.54) is 12.1 Å². The SMILES string of the molecule is CC(CC=O)C(=O)c1ccc(C(=O)Nc2nn[nH]n2)cc1. The van der Waals surface area contributed by atoms with Crippen LogP contribution in [0.4, 0.5) is 5.95 Å². The molecule has 2 N–H and O–H groups in total. The first kappa shape index (κ1) is 14.5. The van der Waals surface area contributed by atoms with Gasteiger partial charge in [0.2, 0.25) is 0 Å². The lowest BCUT2D eigenvalue weighted by atomic mass is 9.96. The minimum absolute atomic E-state index is 0.0692. The van der Waals surface area contributed by atoms with E-state index in [0.29, 0.717) is 11.1 Å². The molecular weight excluding hydrogens is 274 g/mol. The molecule has 108 valence electrons. The third kappa shape index (κ3) is 3.56. The topological polar surface area (TPSA) is 118 Å². The second-order valence-corrected chi connectivity index (χ2v) is 4.43. The molecule has 0 fully saturated rings. The standard InChI is InChI=1S/C13H13N5O3/c1-8(6-7-19)11(20)9-2-4-10(5-3-9)12(21)14-13-15-17-18-16-13/h2-5,7-8H,6H2,1H3,(H2,14,15,16,17,18,21). The van der Waals surface area contributed by atoms with Gasteiger partial charge in [0.15, 0.2) is 5.78 Å². The number of carbonyl (C=O) groups is 3. The van der Waals surface area contributed by atoms with Crippen LogP contribution in [0.1, 0.15) is 34.1 Å². The monoisotopic (exact) mass is 287 g/mol. The molecule has 0 aliphatic carbocycles. The second kappa shape index (κ2) is 6.51. The van der Waals surface area contributed by atoms with E-state index in [0.717, 1.165) is 6.29 Å². The molecule has 0 radical (unpaired) electrons. The average Bonchev–Trinajstić information content (AvgIpc) is 3.00. The van der Waals surface area contributed by atoms with E-state index in [4.69, 9.17) is 0 Å². The van der Waals surface area contributed by atoms with Gasteiger partial charge in [-0.2, -0.15) is 5.21 Å². The Morgan fingerprint density at radius 3 is 2.52 bits per heavy atom. The van der Waals surface area contributed by atoms with Gasteiger partial charge in [-0.3, -0.25) is 14.9 Å². The predicted octanol–water partition coefficient (Wildman–Crippen LogP) is 0.860. The number of ketones is 1. The van der Waals surface area contributed by atoms with Gasteiger partial charge in [-0.15, -0.1) is 5.10 Å². The van der Waals surface area contributed by atoms with Crippen LogP contribution in [-0.2, 0) is 4.79 Å². The lowest BCUT2D eigenvalue weighted by Crippen LogP contribution is -2.14. The van der Waals surface area contributed by atoms with Crippen LogP contribution in [0, 0.1) is 5.92 Å². The summed E-state index contributed by atoms with van der Waals surface area (Å²) < 4.78 is 0. The molecule has 0 saturated carbocycles. The molecule has 1 heterocycles. The first-order chi connectivity index (χ1) is 10.1. The highest BCUT2D eigenvalue weighted by atomic mass is 16.2. The largest absolute Gasteiger partial charge is 0.303 e. The number of aromatic amines is 1. The third-order valence-electron chi connectivity index (χ3n) is 2.90. The Kier molecular flexibility index (Phi) is 4.50. The predicted molar refractivity (Wildman–Crippen MR) is 72.7 cm³/mol. The number of hydrogen-bond acceptors (Lipinski definition) is 6. The summed E-state index contributed by atoms with van der Waals surface area (Å²) in [7, 11) is 0. The van der Waals surface area contributed by atoms with Gasteiger partial charge in [-0.1, -0.05) is 24.2 Å². The van der Waals surface area contributed by atoms with Gasteiger partial charge >= 0.3 is 0 Å². The number of carbonyl (C=O) groups excluding carboxylic acids is 3. The normalized spacial score (nSPS) is 11.7. The highest BCUT2D eigenvalue weighted by Gasteiger charge is 2.15. The Bertz CT molecular complexity index is 636. The molecule has 1 aromatic heterocycles. The molecule has 0 spiro atoms. The van der Waals surface area contributed by atoms with Gasteiger partial charge in [0.05, 0.1) is 0 Å². The molecule has 2 rings (SSSR count). The molecule has 0 saturated heterocycles. The lowest BCUT2D eigenvalue weighted by Gasteiger charge is -2.07. The van der Waals surface area contributed by atoms with Gasteiger partial charge in [0, 0.05) is 23.5 Å². The zero-order valence-corrected chi connectivity index (χ0v) is 11.2. The highest BCUT2D eigenvalue weighted by molar-refractivity contribution is 6.04. The number of anilines is 1. The Hall–Kier alpha value is -2.90. The van der Waals surface area contributed by atoms with Crippen LogP contribution in [-0.4, -0.2) is 38.6 Å². The molecule has 1 amide bonds. The number of nitrogens with one attached hydrogen (secondary N) is 2. The number of Topliss-reactive ketones (excluding diaryl/α,β-unsaturated/α-hetero) is 1. The number of H-pyrrole nitrogens is 1. The maximum absolute atomic E-state index is 12.0. The van der Waals surface area contributed by atoms with Gasteiger partial charge in [-0.05, 0) is 17.3 Å². The molecule has 0 bridgehead atoms.